The molecular weight excluding hydrogens is 212 g/mol. The maximum Gasteiger partial charge on any atom is 0.220 e. The zero-order chi connectivity index (χ0) is 12.7. The van der Waals surface area contributed by atoms with Gasteiger partial charge in [-0.25, -0.2) is 0 Å². The lowest BCUT2D eigenvalue weighted by Crippen LogP contribution is -2.23. The van der Waals surface area contributed by atoms with Gasteiger partial charge in [0.15, 0.2) is 0 Å². The Hall–Kier alpha value is -1.35. The summed E-state index contributed by atoms with van der Waals surface area (Å²) in [6.45, 7) is 5.37. The second-order valence-corrected chi connectivity index (χ2v) is 4.64. The van der Waals surface area contributed by atoms with Gasteiger partial charge in [0.05, 0.1) is 0 Å². The molecule has 0 aliphatic carbocycles. The molecule has 3 heteroatoms. The van der Waals surface area contributed by atoms with Gasteiger partial charge in [-0.3, -0.25) is 4.79 Å². The maximum atomic E-state index is 11.6. The number of nitrogens with two attached hydrogens (primary N) is 1. The number of benzene rings is 1. The average Bonchev–Trinajstić information content (AvgIpc) is 2.35. The lowest BCUT2D eigenvalue weighted by atomic mass is 10.1. The van der Waals surface area contributed by atoms with Crippen LogP contribution in [0.5, 0.6) is 0 Å². The summed E-state index contributed by atoms with van der Waals surface area (Å²) in [6.07, 6.45) is 1.42. The van der Waals surface area contributed by atoms with Crippen LogP contribution in [0.15, 0.2) is 24.3 Å². The Bertz CT molecular complexity index is 346. The van der Waals surface area contributed by atoms with Gasteiger partial charge in [-0.2, -0.15) is 0 Å². The molecule has 0 bridgehead atoms. The van der Waals surface area contributed by atoms with Gasteiger partial charge < -0.3 is 11.1 Å². The van der Waals surface area contributed by atoms with Crippen molar-refractivity contribution in [3.05, 3.63) is 35.4 Å². The Labute approximate surface area is 103 Å². The molecule has 0 saturated heterocycles. The number of hydrogen-bond acceptors (Lipinski definition) is 2. The third kappa shape index (κ3) is 5.50. The zero-order valence-corrected chi connectivity index (χ0v) is 10.7. The second-order valence-electron chi connectivity index (χ2n) is 4.64. The number of carbonyl (C=O) groups excluding carboxylic acids is 1. The number of rotatable bonds is 6. The zero-order valence-electron chi connectivity index (χ0n) is 10.7. The van der Waals surface area contributed by atoms with Gasteiger partial charge in [0.25, 0.3) is 0 Å². The normalized spacial score (nSPS) is 12.2. The molecule has 3 nitrogen and oxygen atoms in total. The number of amides is 1. The standard InChI is InChI=1S/C14H22N2O/c1-11-3-6-13(7-4-11)10-16-14(17)8-5-12(2)9-15/h3-4,6-7,12H,5,8-10,15H2,1-2H3,(H,16,17). The van der Waals surface area contributed by atoms with Gasteiger partial charge in [-0.05, 0) is 31.4 Å². The largest absolute Gasteiger partial charge is 0.352 e. The Balaban J connectivity index is 2.26. The molecule has 1 rings (SSSR count). The van der Waals surface area contributed by atoms with E-state index in [0.29, 0.717) is 25.4 Å². The van der Waals surface area contributed by atoms with E-state index in [4.69, 9.17) is 5.73 Å². The first kappa shape index (κ1) is 13.7. The van der Waals surface area contributed by atoms with E-state index in [1.165, 1.54) is 5.56 Å². The van der Waals surface area contributed by atoms with Gasteiger partial charge in [0.1, 0.15) is 0 Å². The van der Waals surface area contributed by atoms with Crippen molar-refractivity contribution in [3.63, 3.8) is 0 Å². The van der Waals surface area contributed by atoms with Crippen LogP contribution in [-0.2, 0) is 11.3 Å². The summed E-state index contributed by atoms with van der Waals surface area (Å²) in [5.41, 5.74) is 7.87. The number of aryl methyl sites for hydroxylation is 1. The first-order valence-electron chi connectivity index (χ1n) is 6.14. The summed E-state index contributed by atoms with van der Waals surface area (Å²) < 4.78 is 0. The van der Waals surface area contributed by atoms with Crippen LogP contribution >= 0.6 is 0 Å². The molecule has 0 aromatic heterocycles. The highest BCUT2D eigenvalue weighted by atomic mass is 16.1. The van der Waals surface area contributed by atoms with E-state index in [0.717, 1.165) is 12.0 Å². The van der Waals surface area contributed by atoms with Crippen molar-refractivity contribution < 1.29 is 4.79 Å². The first-order valence-corrected chi connectivity index (χ1v) is 6.14. The highest BCUT2D eigenvalue weighted by Crippen LogP contribution is 2.05. The molecule has 1 atom stereocenters. The van der Waals surface area contributed by atoms with Gasteiger partial charge in [-0.15, -0.1) is 0 Å². The van der Waals surface area contributed by atoms with E-state index in [2.05, 4.69) is 31.3 Å². The van der Waals surface area contributed by atoms with Gasteiger partial charge in [0, 0.05) is 13.0 Å². The molecule has 1 unspecified atom stereocenters. The molecule has 0 radical (unpaired) electrons. The fourth-order valence-corrected chi connectivity index (χ4v) is 1.49. The predicted molar refractivity (Wildman–Crippen MR) is 70.5 cm³/mol. The second kappa shape index (κ2) is 7.07. The fraction of sp³-hybridized carbons (Fsp3) is 0.500. The third-order valence-electron chi connectivity index (χ3n) is 2.88. The van der Waals surface area contributed by atoms with Crippen LogP contribution < -0.4 is 11.1 Å². The average molecular weight is 234 g/mol. The van der Waals surface area contributed by atoms with E-state index >= 15 is 0 Å². The van der Waals surface area contributed by atoms with Crippen LogP contribution in [0.3, 0.4) is 0 Å². The maximum absolute atomic E-state index is 11.6. The smallest absolute Gasteiger partial charge is 0.220 e. The molecule has 17 heavy (non-hydrogen) atoms. The molecule has 0 aliphatic heterocycles. The molecule has 0 fully saturated rings. The SMILES string of the molecule is Cc1ccc(CNC(=O)CCC(C)CN)cc1. The van der Waals surface area contributed by atoms with E-state index in [-0.39, 0.29) is 5.91 Å². The van der Waals surface area contributed by atoms with Crippen LogP contribution in [0.1, 0.15) is 30.9 Å². The Kier molecular flexibility index (Phi) is 5.70. The highest BCUT2D eigenvalue weighted by Gasteiger charge is 2.05. The molecule has 1 amide bonds. The Morgan fingerprint density at radius 3 is 2.59 bits per heavy atom. The molecule has 0 saturated carbocycles. The molecule has 0 spiro atoms. The predicted octanol–water partition coefficient (Wildman–Crippen LogP) is 1.99. The summed E-state index contributed by atoms with van der Waals surface area (Å²) in [4.78, 5) is 11.6. The molecule has 0 heterocycles. The van der Waals surface area contributed by atoms with Crippen molar-refractivity contribution in [1.82, 2.24) is 5.32 Å². The molecule has 1 aromatic carbocycles. The third-order valence-corrected chi connectivity index (χ3v) is 2.88. The number of nitrogens with one attached hydrogen (secondary N) is 1. The lowest BCUT2D eigenvalue weighted by Gasteiger charge is -2.08. The Morgan fingerprint density at radius 1 is 1.35 bits per heavy atom. The van der Waals surface area contributed by atoms with Crippen molar-refractivity contribution in [3.8, 4) is 0 Å². The van der Waals surface area contributed by atoms with Crippen molar-refractivity contribution in [2.75, 3.05) is 6.54 Å². The summed E-state index contributed by atoms with van der Waals surface area (Å²) in [5.74, 6) is 0.519. The molecule has 3 N–H and O–H groups in total. The molecule has 1 aromatic rings. The summed E-state index contributed by atoms with van der Waals surface area (Å²) in [6, 6.07) is 8.19. The van der Waals surface area contributed by atoms with Crippen LogP contribution in [-0.4, -0.2) is 12.5 Å². The van der Waals surface area contributed by atoms with Crippen molar-refractivity contribution in [2.24, 2.45) is 11.7 Å². The van der Waals surface area contributed by atoms with E-state index in [1.54, 1.807) is 0 Å². The number of carbonyl (C=O) groups is 1. The molecular formula is C14H22N2O. The fourth-order valence-electron chi connectivity index (χ4n) is 1.49. The molecule has 94 valence electrons. The number of hydrogen-bond donors (Lipinski definition) is 2. The minimum atomic E-state index is 0.103. The topological polar surface area (TPSA) is 55.1 Å². The molecule has 0 aliphatic rings. The van der Waals surface area contributed by atoms with Gasteiger partial charge >= 0.3 is 0 Å². The summed E-state index contributed by atoms with van der Waals surface area (Å²) >= 11 is 0. The lowest BCUT2D eigenvalue weighted by molar-refractivity contribution is -0.121. The van der Waals surface area contributed by atoms with Crippen molar-refractivity contribution in [1.29, 1.82) is 0 Å². The van der Waals surface area contributed by atoms with Crippen molar-refractivity contribution in [2.45, 2.75) is 33.2 Å². The van der Waals surface area contributed by atoms with Crippen LogP contribution in [0.2, 0.25) is 0 Å². The quantitative estimate of drug-likeness (QED) is 0.791. The minimum absolute atomic E-state index is 0.103. The summed E-state index contributed by atoms with van der Waals surface area (Å²) in [5, 5.41) is 2.92. The first-order chi connectivity index (χ1) is 8.11. The minimum Gasteiger partial charge on any atom is -0.352 e. The monoisotopic (exact) mass is 234 g/mol. The van der Waals surface area contributed by atoms with Crippen LogP contribution in [0, 0.1) is 12.8 Å². The van der Waals surface area contributed by atoms with E-state index in [1.807, 2.05) is 12.1 Å². The van der Waals surface area contributed by atoms with Crippen molar-refractivity contribution >= 4 is 5.91 Å². The van der Waals surface area contributed by atoms with E-state index in [9.17, 15) is 4.79 Å². The van der Waals surface area contributed by atoms with Crippen LogP contribution in [0.4, 0.5) is 0 Å². The summed E-state index contributed by atoms with van der Waals surface area (Å²) in [7, 11) is 0. The van der Waals surface area contributed by atoms with Gasteiger partial charge in [0.2, 0.25) is 5.91 Å². The van der Waals surface area contributed by atoms with Crippen LogP contribution in [0.25, 0.3) is 0 Å². The Morgan fingerprint density at radius 2 is 2.00 bits per heavy atom. The van der Waals surface area contributed by atoms with Gasteiger partial charge in [-0.1, -0.05) is 36.8 Å². The highest BCUT2D eigenvalue weighted by molar-refractivity contribution is 5.75. The van der Waals surface area contributed by atoms with E-state index < -0.39 is 0 Å².